The van der Waals surface area contributed by atoms with Crippen molar-refractivity contribution < 1.29 is 14.7 Å². The largest absolute Gasteiger partial charge is 0.506 e. The molecule has 0 spiro atoms. The Hall–Kier alpha value is -2.28. The Morgan fingerprint density at radius 2 is 1.86 bits per heavy atom. The highest BCUT2D eigenvalue weighted by molar-refractivity contribution is 9.10. The number of hydrogen-bond donors (Lipinski definition) is 1. The topological polar surface area (TPSA) is 57.6 Å². The van der Waals surface area contributed by atoms with E-state index in [0.717, 1.165) is 28.1 Å². The van der Waals surface area contributed by atoms with E-state index in [0.29, 0.717) is 15.1 Å². The molecule has 1 saturated heterocycles. The van der Waals surface area contributed by atoms with Gasteiger partial charge in [0.15, 0.2) is 0 Å². The van der Waals surface area contributed by atoms with E-state index in [1.54, 1.807) is 12.1 Å². The molecule has 0 aliphatic carbocycles. The molecule has 7 heteroatoms. The van der Waals surface area contributed by atoms with Crippen molar-refractivity contribution in [3.05, 3.63) is 80.1 Å². The molecule has 140 valence electrons. The number of imide groups is 1. The number of phenols is 1. The molecule has 0 atom stereocenters. The van der Waals surface area contributed by atoms with Gasteiger partial charge >= 0.3 is 0 Å². The van der Waals surface area contributed by atoms with Crippen molar-refractivity contribution in [2.24, 2.45) is 0 Å². The summed E-state index contributed by atoms with van der Waals surface area (Å²) >= 11 is 10.1. The van der Waals surface area contributed by atoms with Gasteiger partial charge in [0.25, 0.3) is 11.1 Å². The van der Waals surface area contributed by atoms with E-state index >= 15 is 0 Å². The van der Waals surface area contributed by atoms with E-state index < -0.39 is 5.91 Å². The minimum atomic E-state index is -0.390. The molecule has 0 radical (unpaired) electrons. The predicted octanol–water partition coefficient (Wildman–Crippen LogP) is 6.20. The number of carbonyl (C=O) groups excluding carboxylic acids is 2. The van der Waals surface area contributed by atoms with Crippen LogP contribution in [0.25, 0.3) is 16.8 Å². The van der Waals surface area contributed by atoms with Crippen LogP contribution in [0.15, 0.2) is 64.0 Å². The number of fused-ring (bicyclic) bond motifs is 1. The first-order valence-corrected chi connectivity index (χ1v) is 10.3. The minimum Gasteiger partial charge on any atom is -0.506 e. The summed E-state index contributed by atoms with van der Waals surface area (Å²) in [5.74, 6) is -0.427. The monoisotopic (exact) mass is 473 g/mol. The number of benzene rings is 3. The van der Waals surface area contributed by atoms with Crippen molar-refractivity contribution in [1.29, 1.82) is 0 Å². The van der Waals surface area contributed by atoms with Gasteiger partial charge in [-0.25, -0.2) is 0 Å². The quantitative estimate of drug-likeness (QED) is 0.459. The first-order chi connectivity index (χ1) is 13.4. The van der Waals surface area contributed by atoms with Crippen LogP contribution >= 0.6 is 39.3 Å². The number of halogens is 2. The van der Waals surface area contributed by atoms with Crippen molar-refractivity contribution in [1.82, 2.24) is 4.90 Å². The third-order valence-electron chi connectivity index (χ3n) is 4.43. The predicted molar refractivity (Wildman–Crippen MR) is 116 cm³/mol. The molecule has 1 heterocycles. The van der Waals surface area contributed by atoms with Crippen LogP contribution in [-0.2, 0) is 11.3 Å². The minimum absolute atomic E-state index is 0.0368. The standard InChI is InChI=1S/C21H13BrClNO3S/c22-17-10-15(23)8-14(19(17)25)9-18-20(26)24(21(27)28-18)11-13-6-3-5-12-4-1-2-7-16(12)13/h1-10,25H,11H2/b18-9-. The molecule has 1 aliphatic heterocycles. The van der Waals surface area contributed by atoms with E-state index in [1.165, 1.54) is 11.0 Å². The maximum absolute atomic E-state index is 12.8. The summed E-state index contributed by atoms with van der Waals surface area (Å²) in [5.41, 5.74) is 1.27. The van der Waals surface area contributed by atoms with Crippen LogP contribution in [0.4, 0.5) is 4.79 Å². The van der Waals surface area contributed by atoms with Gasteiger partial charge < -0.3 is 5.11 Å². The maximum Gasteiger partial charge on any atom is 0.293 e. The molecule has 1 N–H and O–H groups in total. The third-order valence-corrected chi connectivity index (χ3v) is 6.16. The Kier molecular flexibility index (Phi) is 5.19. The fourth-order valence-electron chi connectivity index (χ4n) is 3.07. The lowest BCUT2D eigenvalue weighted by molar-refractivity contribution is -0.123. The van der Waals surface area contributed by atoms with Gasteiger partial charge in [0, 0.05) is 10.6 Å². The van der Waals surface area contributed by atoms with E-state index in [-0.39, 0.29) is 22.4 Å². The van der Waals surface area contributed by atoms with Gasteiger partial charge in [0.1, 0.15) is 5.75 Å². The number of carbonyl (C=O) groups is 2. The average molecular weight is 475 g/mol. The van der Waals surface area contributed by atoms with Gasteiger partial charge in [-0.15, -0.1) is 0 Å². The SMILES string of the molecule is O=C1S/C(=C\c2cc(Cl)cc(Br)c2O)C(=O)N1Cc1cccc2ccccc12. The number of amides is 2. The summed E-state index contributed by atoms with van der Waals surface area (Å²) in [6.45, 7) is 0.189. The number of hydrogen-bond acceptors (Lipinski definition) is 4. The zero-order chi connectivity index (χ0) is 19.8. The second-order valence-corrected chi connectivity index (χ2v) is 8.52. The summed E-state index contributed by atoms with van der Waals surface area (Å²) in [6.07, 6.45) is 1.49. The van der Waals surface area contributed by atoms with E-state index in [1.807, 2.05) is 42.5 Å². The summed E-state index contributed by atoms with van der Waals surface area (Å²) in [5, 5.41) is 12.3. The van der Waals surface area contributed by atoms with Crippen LogP contribution in [0.2, 0.25) is 5.02 Å². The molecule has 4 nitrogen and oxygen atoms in total. The fraction of sp³-hybridized carbons (Fsp3) is 0.0476. The second-order valence-electron chi connectivity index (χ2n) is 6.23. The normalized spacial score (nSPS) is 15.8. The Morgan fingerprint density at radius 3 is 2.68 bits per heavy atom. The van der Waals surface area contributed by atoms with Gasteiger partial charge in [-0.1, -0.05) is 54.1 Å². The Bertz CT molecular complexity index is 1160. The Labute approximate surface area is 178 Å². The molecule has 3 aromatic carbocycles. The van der Waals surface area contributed by atoms with Gasteiger partial charge in [-0.3, -0.25) is 14.5 Å². The lowest BCUT2D eigenvalue weighted by Gasteiger charge is -2.14. The lowest BCUT2D eigenvalue weighted by Crippen LogP contribution is -2.27. The fourth-order valence-corrected chi connectivity index (χ4v) is 4.74. The molecule has 3 aromatic rings. The van der Waals surface area contributed by atoms with E-state index in [4.69, 9.17) is 11.6 Å². The van der Waals surface area contributed by atoms with Crippen molar-refractivity contribution in [2.75, 3.05) is 0 Å². The summed E-state index contributed by atoms with van der Waals surface area (Å²) in [6, 6.07) is 16.8. The molecule has 0 aromatic heterocycles. The molecule has 4 rings (SSSR count). The molecule has 28 heavy (non-hydrogen) atoms. The molecule has 1 aliphatic rings. The zero-order valence-corrected chi connectivity index (χ0v) is 17.5. The highest BCUT2D eigenvalue weighted by Gasteiger charge is 2.35. The summed E-state index contributed by atoms with van der Waals surface area (Å²) < 4.78 is 0.418. The third kappa shape index (κ3) is 3.55. The van der Waals surface area contributed by atoms with Crippen molar-refractivity contribution >= 4 is 67.3 Å². The van der Waals surface area contributed by atoms with Gasteiger partial charge in [-0.2, -0.15) is 0 Å². The molecule has 0 unspecified atom stereocenters. The van der Waals surface area contributed by atoms with Crippen LogP contribution in [0.3, 0.4) is 0 Å². The number of nitrogens with zero attached hydrogens (tertiary/aromatic N) is 1. The van der Waals surface area contributed by atoms with Crippen LogP contribution in [0, 0.1) is 0 Å². The average Bonchev–Trinajstić information content (AvgIpc) is 2.93. The summed E-state index contributed by atoms with van der Waals surface area (Å²) in [7, 11) is 0. The van der Waals surface area contributed by atoms with Crippen LogP contribution < -0.4 is 0 Å². The van der Waals surface area contributed by atoms with Gasteiger partial charge in [-0.05, 0) is 62.2 Å². The van der Waals surface area contributed by atoms with Crippen LogP contribution in [0.1, 0.15) is 11.1 Å². The Balaban J connectivity index is 1.66. The Morgan fingerprint density at radius 1 is 1.11 bits per heavy atom. The number of thioether (sulfide) groups is 1. The van der Waals surface area contributed by atoms with E-state index in [2.05, 4.69) is 15.9 Å². The number of phenolic OH excluding ortho intramolecular Hbond substituents is 1. The zero-order valence-electron chi connectivity index (χ0n) is 14.4. The molecular weight excluding hydrogens is 462 g/mol. The molecule has 0 saturated carbocycles. The van der Waals surface area contributed by atoms with Gasteiger partial charge in [0.05, 0.1) is 15.9 Å². The van der Waals surface area contributed by atoms with Crippen molar-refractivity contribution in [3.63, 3.8) is 0 Å². The highest BCUT2D eigenvalue weighted by Crippen LogP contribution is 2.38. The van der Waals surface area contributed by atoms with Crippen molar-refractivity contribution in [3.8, 4) is 5.75 Å². The first-order valence-electron chi connectivity index (χ1n) is 8.34. The molecule has 1 fully saturated rings. The smallest absolute Gasteiger partial charge is 0.293 e. The second kappa shape index (κ2) is 7.62. The maximum atomic E-state index is 12.8. The number of aromatic hydroxyl groups is 1. The highest BCUT2D eigenvalue weighted by atomic mass is 79.9. The lowest BCUT2D eigenvalue weighted by atomic mass is 10.0. The van der Waals surface area contributed by atoms with Crippen LogP contribution in [-0.4, -0.2) is 21.2 Å². The molecule has 0 bridgehead atoms. The van der Waals surface area contributed by atoms with Crippen molar-refractivity contribution in [2.45, 2.75) is 6.54 Å². The van der Waals surface area contributed by atoms with Gasteiger partial charge in [0.2, 0.25) is 0 Å². The number of rotatable bonds is 3. The van der Waals surface area contributed by atoms with Crippen LogP contribution in [0.5, 0.6) is 5.75 Å². The molecular formula is C21H13BrClNO3S. The van der Waals surface area contributed by atoms with E-state index in [9.17, 15) is 14.7 Å². The first kappa shape index (κ1) is 19.1. The summed E-state index contributed by atoms with van der Waals surface area (Å²) in [4.78, 5) is 26.8. The molecule has 2 amide bonds.